The lowest BCUT2D eigenvalue weighted by atomic mass is 10.3. The number of hydrogen-bond donors (Lipinski definition) is 1. The molecule has 0 aromatic carbocycles. The van der Waals surface area contributed by atoms with Crippen molar-refractivity contribution < 1.29 is 9.18 Å². The second-order valence-corrected chi connectivity index (χ2v) is 1.65. The lowest BCUT2D eigenvalue weighted by molar-refractivity contribution is -0.117. The maximum atomic E-state index is 12.2. The Morgan fingerprint density at radius 1 is 1.78 bits per heavy atom. The van der Waals surface area contributed by atoms with E-state index >= 15 is 0 Å². The van der Waals surface area contributed by atoms with Crippen molar-refractivity contribution in [3.05, 3.63) is 11.9 Å². The van der Waals surface area contributed by atoms with Crippen LogP contribution in [0.4, 0.5) is 4.39 Å². The number of dihydropyridines is 1. The van der Waals surface area contributed by atoms with Crippen LogP contribution in [-0.2, 0) is 4.79 Å². The van der Waals surface area contributed by atoms with E-state index in [0.717, 1.165) is 6.08 Å². The van der Waals surface area contributed by atoms with Crippen LogP contribution in [0.15, 0.2) is 16.9 Å². The smallest absolute Gasteiger partial charge is 0.251 e. The zero-order valence-corrected chi connectivity index (χ0v) is 4.60. The zero-order chi connectivity index (χ0) is 6.85. The number of aliphatic imine (C=N–C) groups is 1. The number of amides is 1. The van der Waals surface area contributed by atoms with Crippen LogP contribution in [0.5, 0.6) is 0 Å². The number of rotatable bonds is 0. The fourth-order valence-corrected chi connectivity index (χ4v) is 0.515. The Kier molecular flexibility index (Phi) is 1.30. The molecule has 0 atom stereocenters. The largest absolute Gasteiger partial charge is 0.381 e. The molecule has 1 amide bonds. The first-order valence-corrected chi connectivity index (χ1v) is 2.43. The van der Waals surface area contributed by atoms with Gasteiger partial charge in [0, 0.05) is 0 Å². The normalized spacial score (nSPS) is 19.0. The summed E-state index contributed by atoms with van der Waals surface area (Å²) >= 11 is 0. The molecule has 4 heteroatoms. The lowest BCUT2D eigenvalue weighted by Gasteiger charge is -2.00. The maximum absolute atomic E-state index is 12.2. The summed E-state index contributed by atoms with van der Waals surface area (Å²) in [7, 11) is 0. The summed E-state index contributed by atoms with van der Waals surface area (Å²) in [5.41, 5.74) is 4.95. The third-order valence-electron chi connectivity index (χ3n) is 0.946. The summed E-state index contributed by atoms with van der Waals surface area (Å²) in [5, 5.41) is 0. The van der Waals surface area contributed by atoms with Gasteiger partial charge >= 0.3 is 0 Å². The van der Waals surface area contributed by atoms with E-state index in [-0.39, 0.29) is 12.3 Å². The van der Waals surface area contributed by atoms with Crippen molar-refractivity contribution in [3.63, 3.8) is 0 Å². The molecule has 2 N–H and O–H groups in total. The molecule has 0 saturated heterocycles. The molecule has 0 radical (unpaired) electrons. The molecule has 0 spiro atoms. The van der Waals surface area contributed by atoms with Crippen molar-refractivity contribution in [2.75, 3.05) is 0 Å². The number of amidine groups is 1. The standard InChI is InChI=1S/C5H5FN2O/c6-3-1-2-4(9)8-5(3)7/h1H,2H2,(H2,7,8,9). The number of carbonyl (C=O) groups is 1. The van der Waals surface area contributed by atoms with Crippen LogP contribution < -0.4 is 5.73 Å². The molecule has 0 saturated carbocycles. The van der Waals surface area contributed by atoms with Crippen LogP contribution in [0, 0.1) is 0 Å². The zero-order valence-electron chi connectivity index (χ0n) is 4.60. The summed E-state index contributed by atoms with van der Waals surface area (Å²) in [6, 6.07) is 0. The third kappa shape index (κ3) is 1.13. The first-order chi connectivity index (χ1) is 4.20. The molecule has 48 valence electrons. The van der Waals surface area contributed by atoms with Gasteiger partial charge in [-0.15, -0.1) is 0 Å². The molecule has 1 heterocycles. The van der Waals surface area contributed by atoms with Crippen LogP contribution >= 0.6 is 0 Å². The van der Waals surface area contributed by atoms with Crippen molar-refractivity contribution in [1.82, 2.24) is 0 Å². The van der Waals surface area contributed by atoms with Gasteiger partial charge in [0.05, 0.1) is 6.42 Å². The van der Waals surface area contributed by atoms with Crippen molar-refractivity contribution in [2.24, 2.45) is 10.7 Å². The molecule has 0 aromatic rings. The van der Waals surface area contributed by atoms with Gasteiger partial charge in [0.1, 0.15) is 0 Å². The fraction of sp³-hybridized carbons (Fsp3) is 0.200. The van der Waals surface area contributed by atoms with Gasteiger partial charge in [0.2, 0.25) is 0 Å². The molecule has 0 aromatic heterocycles. The van der Waals surface area contributed by atoms with E-state index in [4.69, 9.17) is 5.73 Å². The molecule has 3 nitrogen and oxygen atoms in total. The molecule has 9 heavy (non-hydrogen) atoms. The Balaban J connectivity index is 2.87. The Morgan fingerprint density at radius 3 is 2.89 bits per heavy atom. The Morgan fingerprint density at radius 2 is 2.44 bits per heavy atom. The SMILES string of the molecule is NC1=NC(=O)CC=C1F. The minimum atomic E-state index is -0.602. The average Bonchev–Trinajstić information content (AvgIpc) is 1.80. The molecule has 1 aliphatic heterocycles. The number of carbonyl (C=O) groups excluding carboxylic acids is 1. The summed E-state index contributed by atoms with van der Waals surface area (Å²) in [6.45, 7) is 0. The minimum absolute atomic E-state index is 0.0204. The van der Waals surface area contributed by atoms with Crippen LogP contribution in [0.3, 0.4) is 0 Å². The van der Waals surface area contributed by atoms with Gasteiger partial charge in [0.15, 0.2) is 11.7 Å². The molecule has 0 bridgehead atoms. The van der Waals surface area contributed by atoms with E-state index in [1.54, 1.807) is 0 Å². The van der Waals surface area contributed by atoms with Gasteiger partial charge in [-0.2, -0.15) is 4.99 Å². The number of hydrogen-bond acceptors (Lipinski definition) is 2. The molecule has 0 fully saturated rings. The highest BCUT2D eigenvalue weighted by atomic mass is 19.1. The topological polar surface area (TPSA) is 55.4 Å². The highest BCUT2D eigenvalue weighted by molar-refractivity contribution is 6.05. The van der Waals surface area contributed by atoms with E-state index < -0.39 is 11.7 Å². The summed E-state index contributed by atoms with van der Waals surface area (Å²) < 4.78 is 12.2. The number of nitrogens with zero attached hydrogens (tertiary/aromatic N) is 1. The average molecular weight is 128 g/mol. The molecule has 0 aliphatic carbocycles. The summed E-state index contributed by atoms with van der Waals surface area (Å²) in [5.74, 6) is -1.31. The third-order valence-corrected chi connectivity index (χ3v) is 0.946. The number of nitrogens with two attached hydrogens (primary N) is 1. The summed E-state index contributed by atoms with van der Waals surface area (Å²) in [6.07, 6.45) is 1.14. The lowest BCUT2D eigenvalue weighted by Crippen LogP contribution is -2.18. The second-order valence-electron chi connectivity index (χ2n) is 1.65. The van der Waals surface area contributed by atoms with Gasteiger partial charge in [-0.05, 0) is 6.08 Å². The van der Waals surface area contributed by atoms with E-state index in [1.807, 2.05) is 0 Å². The van der Waals surface area contributed by atoms with E-state index in [2.05, 4.69) is 4.99 Å². The Labute approximate surface area is 51.1 Å². The summed E-state index contributed by atoms with van der Waals surface area (Å²) in [4.78, 5) is 13.5. The molecule has 0 unspecified atom stereocenters. The van der Waals surface area contributed by atoms with Crippen LogP contribution in [0.1, 0.15) is 6.42 Å². The van der Waals surface area contributed by atoms with Gasteiger partial charge in [0.25, 0.3) is 5.91 Å². The Bertz CT molecular complexity index is 207. The fourth-order valence-electron chi connectivity index (χ4n) is 0.515. The maximum Gasteiger partial charge on any atom is 0.251 e. The van der Waals surface area contributed by atoms with Gasteiger partial charge in [-0.25, -0.2) is 4.39 Å². The highest BCUT2D eigenvalue weighted by Gasteiger charge is 2.10. The molecular formula is C5H5FN2O. The predicted molar refractivity (Wildman–Crippen MR) is 30.4 cm³/mol. The van der Waals surface area contributed by atoms with Crippen molar-refractivity contribution in [2.45, 2.75) is 6.42 Å². The van der Waals surface area contributed by atoms with Crippen molar-refractivity contribution in [1.29, 1.82) is 0 Å². The Hall–Kier alpha value is -1.19. The van der Waals surface area contributed by atoms with Gasteiger partial charge in [-0.3, -0.25) is 4.79 Å². The second kappa shape index (κ2) is 1.97. The molecule has 1 rings (SSSR count). The van der Waals surface area contributed by atoms with E-state index in [9.17, 15) is 9.18 Å². The number of halogens is 1. The van der Waals surface area contributed by atoms with Crippen LogP contribution in [0.25, 0.3) is 0 Å². The monoisotopic (exact) mass is 128 g/mol. The molecule has 1 aliphatic rings. The minimum Gasteiger partial charge on any atom is -0.381 e. The molecular weight excluding hydrogens is 123 g/mol. The van der Waals surface area contributed by atoms with Crippen LogP contribution in [0.2, 0.25) is 0 Å². The highest BCUT2D eigenvalue weighted by Crippen LogP contribution is 2.05. The van der Waals surface area contributed by atoms with E-state index in [1.165, 1.54) is 0 Å². The van der Waals surface area contributed by atoms with E-state index in [0.29, 0.717) is 0 Å². The van der Waals surface area contributed by atoms with Gasteiger partial charge < -0.3 is 5.73 Å². The predicted octanol–water partition coefficient (Wildman–Crippen LogP) is 0.127. The van der Waals surface area contributed by atoms with Crippen molar-refractivity contribution in [3.8, 4) is 0 Å². The van der Waals surface area contributed by atoms with Gasteiger partial charge in [-0.1, -0.05) is 0 Å². The van der Waals surface area contributed by atoms with Crippen molar-refractivity contribution >= 4 is 11.7 Å². The quantitative estimate of drug-likeness (QED) is 0.504. The first kappa shape index (κ1) is 5.94. The van der Waals surface area contributed by atoms with Crippen LogP contribution in [-0.4, -0.2) is 11.7 Å². The first-order valence-electron chi connectivity index (χ1n) is 2.43.